The van der Waals surface area contributed by atoms with E-state index in [0.29, 0.717) is 44.0 Å². The predicted molar refractivity (Wildman–Crippen MR) is 113 cm³/mol. The van der Waals surface area contributed by atoms with Crippen LogP contribution in [0, 0.1) is 6.92 Å². The summed E-state index contributed by atoms with van der Waals surface area (Å²) in [5.41, 5.74) is 2.65. The molecule has 4 bridgehead atoms. The summed E-state index contributed by atoms with van der Waals surface area (Å²) < 4.78 is 5.80. The zero-order valence-electron chi connectivity index (χ0n) is 17.3. The second kappa shape index (κ2) is 9.26. The van der Waals surface area contributed by atoms with Gasteiger partial charge in [0.25, 0.3) is 5.91 Å². The Morgan fingerprint density at radius 3 is 2.87 bits per heavy atom. The lowest BCUT2D eigenvalue weighted by Crippen LogP contribution is -2.44. The number of hydrogen-bond donors (Lipinski definition) is 2. The van der Waals surface area contributed by atoms with E-state index in [-0.39, 0.29) is 23.9 Å². The molecule has 4 rings (SSSR count). The fourth-order valence-electron chi connectivity index (χ4n) is 4.26. The molecule has 1 fully saturated rings. The molecule has 158 valence electrons. The highest BCUT2D eigenvalue weighted by Crippen LogP contribution is 2.28. The van der Waals surface area contributed by atoms with Gasteiger partial charge in [0.15, 0.2) is 0 Å². The van der Waals surface area contributed by atoms with Crippen LogP contribution in [0.3, 0.4) is 0 Å². The number of aryl methyl sites for hydroxylation is 1. The summed E-state index contributed by atoms with van der Waals surface area (Å²) in [6.07, 6.45) is 5.94. The van der Waals surface area contributed by atoms with E-state index in [1.807, 2.05) is 37.4 Å². The van der Waals surface area contributed by atoms with Crippen LogP contribution >= 0.6 is 0 Å². The minimum atomic E-state index is -0.103. The Hall–Kier alpha value is -2.93. The maximum atomic E-state index is 12.8. The summed E-state index contributed by atoms with van der Waals surface area (Å²) in [4.78, 5) is 31.8. The van der Waals surface area contributed by atoms with Crippen molar-refractivity contribution in [3.8, 4) is 5.75 Å². The standard InChI is InChI=1S/C23H28N4O3/c1-16-4-5-18-11-21(16)30-10-9-25-22(28)12-19-6-7-20(14-26-23(18)29)27(19)15-17-3-2-8-24-13-17/h2-5,8,11,13,19-20H,6-7,9-10,12,14-15H2,1H3,(H,25,28)(H,26,29)/t19-,20+/m0/s1. The third-order valence-electron chi connectivity index (χ3n) is 5.91. The third kappa shape index (κ3) is 4.79. The molecule has 2 N–H and O–H groups in total. The Morgan fingerprint density at radius 1 is 1.17 bits per heavy atom. The van der Waals surface area contributed by atoms with Gasteiger partial charge in [-0.1, -0.05) is 12.1 Å². The van der Waals surface area contributed by atoms with E-state index >= 15 is 0 Å². The van der Waals surface area contributed by atoms with Crippen LogP contribution in [0.25, 0.3) is 0 Å². The average Bonchev–Trinajstić information content (AvgIpc) is 3.11. The first-order valence-electron chi connectivity index (χ1n) is 10.5. The number of nitrogens with one attached hydrogen (secondary N) is 2. The van der Waals surface area contributed by atoms with Gasteiger partial charge in [0.1, 0.15) is 12.4 Å². The zero-order valence-corrected chi connectivity index (χ0v) is 17.3. The van der Waals surface area contributed by atoms with Crippen molar-refractivity contribution in [3.05, 3.63) is 59.4 Å². The molecule has 0 unspecified atom stereocenters. The smallest absolute Gasteiger partial charge is 0.251 e. The minimum absolute atomic E-state index is 0.0322. The van der Waals surface area contributed by atoms with Gasteiger partial charge in [0, 0.05) is 49.6 Å². The van der Waals surface area contributed by atoms with Gasteiger partial charge >= 0.3 is 0 Å². The van der Waals surface area contributed by atoms with E-state index in [1.165, 1.54) is 0 Å². The Balaban J connectivity index is 1.56. The van der Waals surface area contributed by atoms with E-state index in [0.717, 1.165) is 24.0 Å². The summed E-state index contributed by atoms with van der Waals surface area (Å²) in [6.45, 7) is 4.00. The quantitative estimate of drug-likeness (QED) is 0.795. The third-order valence-corrected chi connectivity index (χ3v) is 5.91. The summed E-state index contributed by atoms with van der Waals surface area (Å²) in [6, 6.07) is 9.78. The van der Waals surface area contributed by atoms with Crippen molar-refractivity contribution in [3.63, 3.8) is 0 Å². The molecular formula is C23H28N4O3. The Bertz CT molecular complexity index is 903. The number of amides is 2. The van der Waals surface area contributed by atoms with Crippen molar-refractivity contribution < 1.29 is 14.3 Å². The Morgan fingerprint density at radius 2 is 2.03 bits per heavy atom. The van der Waals surface area contributed by atoms with Crippen LogP contribution in [0.1, 0.15) is 40.7 Å². The fourth-order valence-corrected chi connectivity index (χ4v) is 4.26. The topological polar surface area (TPSA) is 83.6 Å². The van der Waals surface area contributed by atoms with Crippen molar-refractivity contribution in [1.82, 2.24) is 20.5 Å². The van der Waals surface area contributed by atoms with Crippen LogP contribution < -0.4 is 15.4 Å². The molecule has 1 aromatic carbocycles. The first-order valence-corrected chi connectivity index (χ1v) is 10.5. The molecule has 0 radical (unpaired) electrons. The van der Waals surface area contributed by atoms with E-state index < -0.39 is 0 Å². The van der Waals surface area contributed by atoms with Crippen LogP contribution in [0.15, 0.2) is 42.7 Å². The zero-order chi connectivity index (χ0) is 20.9. The molecule has 7 heteroatoms. The van der Waals surface area contributed by atoms with Crippen molar-refractivity contribution >= 4 is 11.8 Å². The lowest BCUT2D eigenvalue weighted by Gasteiger charge is -2.30. The molecule has 2 atom stereocenters. The van der Waals surface area contributed by atoms with Crippen molar-refractivity contribution in [2.24, 2.45) is 0 Å². The highest BCUT2D eigenvalue weighted by atomic mass is 16.5. The maximum Gasteiger partial charge on any atom is 0.251 e. The molecule has 0 saturated carbocycles. The minimum Gasteiger partial charge on any atom is -0.491 e. The molecule has 2 aliphatic rings. The van der Waals surface area contributed by atoms with E-state index in [4.69, 9.17) is 4.74 Å². The molecule has 7 nitrogen and oxygen atoms in total. The number of hydrogen-bond acceptors (Lipinski definition) is 5. The van der Waals surface area contributed by atoms with Gasteiger partial charge in [-0.15, -0.1) is 0 Å². The van der Waals surface area contributed by atoms with E-state index in [1.54, 1.807) is 12.3 Å². The number of aromatic nitrogens is 1. The monoisotopic (exact) mass is 408 g/mol. The molecule has 2 aliphatic heterocycles. The average molecular weight is 409 g/mol. The molecular weight excluding hydrogens is 380 g/mol. The van der Waals surface area contributed by atoms with E-state index in [9.17, 15) is 9.59 Å². The largest absolute Gasteiger partial charge is 0.491 e. The molecule has 1 aromatic heterocycles. The lowest BCUT2D eigenvalue weighted by molar-refractivity contribution is -0.122. The van der Waals surface area contributed by atoms with Gasteiger partial charge in [-0.3, -0.25) is 19.5 Å². The number of ether oxygens (including phenoxy) is 1. The molecule has 1 saturated heterocycles. The number of pyridine rings is 1. The summed E-state index contributed by atoms with van der Waals surface area (Å²) in [5.74, 6) is 0.602. The number of nitrogens with zero attached hydrogens (tertiary/aromatic N) is 2. The lowest BCUT2D eigenvalue weighted by atomic mass is 10.1. The Kier molecular flexibility index (Phi) is 6.28. The van der Waals surface area contributed by atoms with E-state index in [2.05, 4.69) is 20.5 Å². The van der Waals surface area contributed by atoms with Crippen LogP contribution in [-0.2, 0) is 11.3 Å². The normalized spacial score (nSPS) is 23.0. The summed E-state index contributed by atoms with van der Waals surface area (Å²) in [5, 5.41) is 6.05. The predicted octanol–water partition coefficient (Wildman–Crippen LogP) is 2.05. The highest BCUT2D eigenvalue weighted by Gasteiger charge is 2.34. The molecule has 0 spiro atoms. The molecule has 3 heterocycles. The van der Waals surface area contributed by atoms with Crippen LogP contribution in [-0.4, -0.2) is 53.5 Å². The number of benzene rings is 1. The van der Waals surface area contributed by atoms with Crippen LogP contribution in [0.2, 0.25) is 0 Å². The van der Waals surface area contributed by atoms with Crippen LogP contribution in [0.5, 0.6) is 5.75 Å². The Labute approximate surface area is 176 Å². The van der Waals surface area contributed by atoms with Gasteiger partial charge in [0.05, 0.1) is 6.54 Å². The number of fused-ring (bicyclic) bond motifs is 4. The maximum absolute atomic E-state index is 12.8. The fraction of sp³-hybridized carbons (Fsp3) is 0.435. The second-order valence-electron chi connectivity index (χ2n) is 8.01. The summed E-state index contributed by atoms with van der Waals surface area (Å²) in [7, 11) is 0. The SMILES string of the molecule is Cc1ccc2cc1OCCNC(=O)C[C@@H]1CC[C@H](CNC2=O)N1Cc1cccnc1. The first kappa shape index (κ1) is 20.3. The van der Waals surface area contributed by atoms with Gasteiger partial charge in [0.2, 0.25) is 5.91 Å². The summed E-state index contributed by atoms with van der Waals surface area (Å²) >= 11 is 0. The molecule has 30 heavy (non-hydrogen) atoms. The molecule has 0 aliphatic carbocycles. The highest BCUT2D eigenvalue weighted by molar-refractivity contribution is 5.94. The van der Waals surface area contributed by atoms with Crippen molar-refractivity contribution in [1.29, 1.82) is 0 Å². The number of carbonyl (C=O) groups is 2. The molecule has 2 aromatic rings. The second-order valence-corrected chi connectivity index (χ2v) is 8.01. The van der Waals surface area contributed by atoms with Gasteiger partial charge < -0.3 is 15.4 Å². The van der Waals surface area contributed by atoms with Crippen molar-refractivity contribution in [2.45, 2.75) is 44.8 Å². The van der Waals surface area contributed by atoms with Crippen molar-refractivity contribution in [2.75, 3.05) is 19.7 Å². The van der Waals surface area contributed by atoms with Gasteiger partial charge in [-0.25, -0.2) is 0 Å². The molecule has 2 amide bonds. The van der Waals surface area contributed by atoms with Gasteiger partial charge in [-0.2, -0.15) is 0 Å². The first-order chi connectivity index (χ1) is 14.6. The number of carbonyl (C=O) groups excluding carboxylic acids is 2. The van der Waals surface area contributed by atoms with Crippen LogP contribution in [0.4, 0.5) is 0 Å². The number of rotatable bonds is 2. The van der Waals surface area contributed by atoms with Gasteiger partial charge in [-0.05, 0) is 49.1 Å².